The van der Waals surface area contributed by atoms with Crippen molar-refractivity contribution in [3.05, 3.63) is 12.7 Å². The van der Waals surface area contributed by atoms with E-state index in [1.807, 2.05) is 0 Å². The Morgan fingerprint density at radius 2 is 1.73 bits per heavy atom. The summed E-state index contributed by atoms with van der Waals surface area (Å²) >= 11 is 0. The zero-order valence-corrected chi connectivity index (χ0v) is 5.78. The van der Waals surface area contributed by atoms with Crippen molar-refractivity contribution in [3.8, 4) is 0 Å². The number of aliphatic hydroxyl groups is 1. The van der Waals surface area contributed by atoms with Gasteiger partial charge in [-0.05, 0) is 6.08 Å². The quantitative estimate of drug-likeness (QED) is 0.404. The average Bonchev–Trinajstić information content (AvgIpc) is 1.89. The van der Waals surface area contributed by atoms with Crippen molar-refractivity contribution in [2.45, 2.75) is 0 Å². The molecule has 0 aliphatic carbocycles. The van der Waals surface area contributed by atoms with Gasteiger partial charge < -0.3 is 21.4 Å². The van der Waals surface area contributed by atoms with Gasteiger partial charge in [-0.25, -0.2) is 4.79 Å². The van der Waals surface area contributed by atoms with E-state index in [9.17, 15) is 4.79 Å². The molecule has 0 spiro atoms. The van der Waals surface area contributed by atoms with E-state index in [0.29, 0.717) is 0 Å². The summed E-state index contributed by atoms with van der Waals surface area (Å²) in [5.74, 6) is -1.67. The van der Waals surface area contributed by atoms with Crippen molar-refractivity contribution in [1.82, 2.24) is 0 Å². The van der Waals surface area contributed by atoms with E-state index >= 15 is 0 Å². The first-order valence-corrected chi connectivity index (χ1v) is 2.29. The molecule has 0 fully saturated rings. The maximum absolute atomic E-state index is 9.47. The van der Waals surface area contributed by atoms with Crippen LogP contribution in [0.3, 0.4) is 0 Å². The van der Waals surface area contributed by atoms with Crippen LogP contribution in [0.4, 0.5) is 0 Å². The molecule has 0 atom stereocenters. The largest absolute Gasteiger partial charge is 0.480 e. The fourth-order valence-corrected chi connectivity index (χ4v) is 0. The van der Waals surface area contributed by atoms with Gasteiger partial charge in [0.05, 0.1) is 0 Å². The lowest BCUT2D eigenvalue weighted by molar-refractivity contribution is -0.140. The number of rotatable bonds is 2. The summed E-state index contributed by atoms with van der Waals surface area (Å²) in [4.78, 5) is 18.6. The molecule has 0 aromatic carbocycles. The van der Waals surface area contributed by atoms with E-state index in [0.717, 1.165) is 6.08 Å². The summed E-state index contributed by atoms with van der Waals surface area (Å²) < 4.78 is 0. The van der Waals surface area contributed by atoms with E-state index < -0.39 is 18.5 Å². The van der Waals surface area contributed by atoms with E-state index in [2.05, 4.69) is 12.3 Å². The Kier molecular flexibility index (Phi) is 16.9. The van der Waals surface area contributed by atoms with Crippen LogP contribution in [0.1, 0.15) is 0 Å². The Bertz CT molecular complexity index is 133. The molecule has 0 heterocycles. The highest BCUT2D eigenvalue weighted by atomic mass is 16.4. The van der Waals surface area contributed by atoms with Crippen LogP contribution < -0.4 is 5.73 Å². The highest BCUT2D eigenvalue weighted by Gasteiger charge is 1.82. The van der Waals surface area contributed by atoms with Crippen LogP contribution in [0.2, 0.25) is 0 Å². The normalized spacial score (nSPS) is 6.27. The number of carbonyl (C=O) groups excluding carboxylic acids is 1. The first kappa shape index (κ1) is 16.3. The van der Waals surface area contributed by atoms with E-state index in [1.54, 1.807) is 0 Å². The van der Waals surface area contributed by atoms with Gasteiger partial charge in [0.1, 0.15) is 6.61 Å². The molecule has 0 aliphatic heterocycles. The molecule has 66 valence electrons. The Morgan fingerprint density at radius 3 is 1.73 bits per heavy atom. The molecule has 6 N–H and O–H groups in total. The third-order valence-corrected chi connectivity index (χ3v) is 0.336. The van der Waals surface area contributed by atoms with Gasteiger partial charge in [0.25, 0.3) is 0 Å². The number of carboxylic acid groups (broad SMARTS) is 1. The minimum Gasteiger partial charge on any atom is -0.480 e. The predicted molar refractivity (Wildman–Crippen MR) is 37.7 cm³/mol. The van der Waals surface area contributed by atoms with Crippen LogP contribution in [0, 0.1) is 0 Å². The third-order valence-electron chi connectivity index (χ3n) is 0.336. The molecule has 0 bridgehead atoms. The van der Waals surface area contributed by atoms with E-state index in [4.69, 9.17) is 15.0 Å². The van der Waals surface area contributed by atoms with Crippen molar-refractivity contribution in [2.24, 2.45) is 5.73 Å². The number of hydrogen-bond donors (Lipinski definition) is 3. The highest BCUT2D eigenvalue weighted by Crippen LogP contribution is 1.49. The van der Waals surface area contributed by atoms with Gasteiger partial charge in [0.2, 0.25) is 5.91 Å². The predicted octanol–water partition coefficient (Wildman–Crippen LogP) is -2.10. The number of carboxylic acids is 1. The van der Waals surface area contributed by atoms with Gasteiger partial charge in [0.15, 0.2) is 0 Å². The first-order chi connectivity index (χ1) is 4.54. The molecule has 0 rings (SSSR count). The second kappa shape index (κ2) is 11.4. The maximum Gasteiger partial charge on any atom is 0.329 e. The Balaban J connectivity index is -0.000000107. The maximum atomic E-state index is 9.47. The summed E-state index contributed by atoms with van der Waals surface area (Å²) in [6.07, 6.45) is 1.06. The van der Waals surface area contributed by atoms with Crippen molar-refractivity contribution in [1.29, 1.82) is 0 Å². The minimum atomic E-state index is -1.19. The zero-order chi connectivity index (χ0) is 8.57. The average molecular weight is 165 g/mol. The molecule has 0 unspecified atom stereocenters. The SMILES string of the molecule is C=CC(N)=O.O.O=C(O)CO. The van der Waals surface area contributed by atoms with Gasteiger partial charge in [0, 0.05) is 0 Å². The number of aliphatic carboxylic acids is 1. The van der Waals surface area contributed by atoms with Gasteiger partial charge in [-0.2, -0.15) is 0 Å². The second-order valence-electron chi connectivity index (χ2n) is 1.16. The molecule has 11 heavy (non-hydrogen) atoms. The molecule has 0 aliphatic rings. The Morgan fingerprint density at radius 1 is 1.55 bits per heavy atom. The molecule has 0 radical (unpaired) electrons. The lowest BCUT2D eigenvalue weighted by Crippen LogP contribution is -2.04. The zero-order valence-electron chi connectivity index (χ0n) is 5.78. The summed E-state index contributed by atoms with van der Waals surface area (Å²) in [5.41, 5.74) is 4.53. The van der Waals surface area contributed by atoms with Crippen molar-refractivity contribution in [2.75, 3.05) is 6.61 Å². The van der Waals surface area contributed by atoms with Crippen molar-refractivity contribution in [3.63, 3.8) is 0 Å². The molecular weight excluding hydrogens is 154 g/mol. The van der Waals surface area contributed by atoms with Crippen LogP contribution in [0.15, 0.2) is 12.7 Å². The topological polar surface area (TPSA) is 132 Å². The minimum absolute atomic E-state index is 0. The van der Waals surface area contributed by atoms with Gasteiger partial charge >= 0.3 is 5.97 Å². The summed E-state index contributed by atoms with van der Waals surface area (Å²) in [7, 11) is 0. The lowest BCUT2D eigenvalue weighted by Gasteiger charge is -1.72. The van der Waals surface area contributed by atoms with Crippen LogP contribution in [-0.4, -0.2) is 34.2 Å². The molecular formula is C5H11NO5. The monoisotopic (exact) mass is 165 g/mol. The molecule has 0 saturated heterocycles. The number of hydrogen-bond acceptors (Lipinski definition) is 3. The standard InChI is InChI=1S/C3H5NO.C2H4O3.H2O/c1-2-3(4)5;3-1-2(4)5;/h2H,1H2,(H2,4,5);3H,1H2,(H,4,5);1H2. The number of carbonyl (C=O) groups is 2. The van der Waals surface area contributed by atoms with Crippen molar-refractivity contribution < 1.29 is 25.3 Å². The van der Waals surface area contributed by atoms with Crippen LogP contribution in [-0.2, 0) is 9.59 Å². The number of aliphatic hydroxyl groups excluding tert-OH is 1. The van der Waals surface area contributed by atoms with Crippen molar-refractivity contribution >= 4 is 11.9 Å². The van der Waals surface area contributed by atoms with Crippen LogP contribution in [0.5, 0.6) is 0 Å². The summed E-state index contributed by atoms with van der Waals surface area (Å²) in [6, 6.07) is 0. The molecule has 0 saturated carbocycles. The van der Waals surface area contributed by atoms with Gasteiger partial charge in [-0.3, -0.25) is 4.79 Å². The second-order valence-corrected chi connectivity index (χ2v) is 1.16. The van der Waals surface area contributed by atoms with Crippen LogP contribution >= 0.6 is 0 Å². The smallest absolute Gasteiger partial charge is 0.329 e. The number of amides is 1. The van der Waals surface area contributed by atoms with E-state index in [-0.39, 0.29) is 5.48 Å². The Labute approximate surface area is 63.2 Å². The Hall–Kier alpha value is -1.40. The first-order valence-electron chi connectivity index (χ1n) is 2.29. The highest BCUT2D eigenvalue weighted by molar-refractivity contribution is 5.84. The fraction of sp³-hybridized carbons (Fsp3) is 0.200. The number of primary amides is 1. The van der Waals surface area contributed by atoms with Gasteiger partial charge in [-0.1, -0.05) is 6.58 Å². The fourth-order valence-electron chi connectivity index (χ4n) is 0. The molecule has 6 heteroatoms. The third kappa shape index (κ3) is 55.4. The molecule has 6 nitrogen and oxygen atoms in total. The number of nitrogens with two attached hydrogens (primary N) is 1. The van der Waals surface area contributed by atoms with E-state index in [1.165, 1.54) is 0 Å². The van der Waals surface area contributed by atoms with Gasteiger partial charge in [-0.15, -0.1) is 0 Å². The molecule has 1 amide bonds. The summed E-state index contributed by atoms with van der Waals surface area (Å²) in [5, 5.41) is 15.0. The van der Waals surface area contributed by atoms with Crippen LogP contribution in [0.25, 0.3) is 0 Å². The lowest BCUT2D eigenvalue weighted by atomic mass is 10.6. The molecule has 0 aromatic heterocycles. The molecule has 0 aromatic rings. The summed E-state index contributed by atoms with van der Waals surface area (Å²) in [6.45, 7) is 2.31.